The van der Waals surface area contributed by atoms with Gasteiger partial charge in [0.1, 0.15) is 5.75 Å². The average Bonchev–Trinajstić information content (AvgIpc) is 3.06. The van der Waals surface area contributed by atoms with E-state index in [0.717, 1.165) is 43.8 Å². The summed E-state index contributed by atoms with van der Waals surface area (Å²) in [6.45, 7) is 6.02. The first-order valence-corrected chi connectivity index (χ1v) is 9.19. The fourth-order valence-electron chi connectivity index (χ4n) is 3.31. The second-order valence-corrected chi connectivity index (χ2v) is 6.72. The number of hydrogen-bond acceptors (Lipinski definition) is 4. The molecule has 1 aromatic carbocycles. The van der Waals surface area contributed by atoms with E-state index < -0.39 is 6.10 Å². The first-order valence-electron chi connectivity index (χ1n) is 9.19. The summed E-state index contributed by atoms with van der Waals surface area (Å²) in [5, 5.41) is 2.94. The predicted octanol–water partition coefficient (Wildman–Crippen LogP) is 1.05. The second kappa shape index (κ2) is 8.34. The molecule has 2 aliphatic rings. The van der Waals surface area contributed by atoms with Crippen molar-refractivity contribution in [3.63, 3.8) is 0 Å². The van der Waals surface area contributed by atoms with Gasteiger partial charge in [-0.05, 0) is 18.1 Å². The lowest BCUT2D eigenvalue weighted by Gasteiger charge is -2.35. The van der Waals surface area contributed by atoms with E-state index in [1.54, 1.807) is 0 Å². The number of rotatable bonds is 6. The minimum atomic E-state index is -0.402. The van der Waals surface area contributed by atoms with Crippen LogP contribution < -0.4 is 10.1 Å². The van der Waals surface area contributed by atoms with Crippen LogP contribution in [-0.4, -0.2) is 67.0 Å². The Hall–Kier alpha value is -2.08. The number of piperazine rings is 1. The van der Waals surface area contributed by atoms with Gasteiger partial charge in [-0.2, -0.15) is 0 Å². The summed E-state index contributed by atoms with van der Waals surface area (Å²) in [5.74, 6) is 0.953. The average molecular weight is 345 g/mol. The Morgan fingerprint density at radius 2 is 1.96 bits per heavy atom. The molecule has 1 atom stereocenters. The minimum Gasteiger partial charge on any atom is -0.480 e. The van der Waals surface area contributed by atoms with E-state index in [1.165, 1.54) is 0 Å². The summed E-state index contributed by atoms with van der Waals surface area (Å²) in [6, 6.07) is 7.82. The van der Waals surface area contributed by atoms with Crippen LogP contribution in [0.2, 0.25) is 0 Å². The molecule has 6 nitrogen and oxygen atoms in total. The SMILES string of the molecule is CCCCNC(=O)CN1CCN(C(=O)[C@H]2Cc3ccccc3O2)CC1. The van der Waals surface area contributed by atoms with Crippen LogP contribution in [0.25, 0.3) is 0 Å². The summed E-state index contributed by atoms with van der Waals surface area (Å²) in [5.41, 5.74) is 1.10. The molecule has 0 aromatic heterocycles. The number of para-hydroxylation sites is 1. The van der Waals surface area contributed by atoms with E-state index >= 15 is 0 Å². The molecule has 0 saturated carbocycles. The van der Waals surface area contributed by atoms with Crippen molar-refractivity contribution in [2.75, 3.05) is 39.3 Å². The maximum atomic E-state index is 12.7. The molecule has 0 radical (unpaired) electrons. The van der Waals surface area contributed by atoms with Gasteiger partial charge in [-0.15, -0.1) is 0 Å². The van der Waals surface area contributed by atoms with Crippen molar-refractivity contribution >= 4 is 11.8 Å². The first-order chi connectivity index (χ1) is 12.2. The lowest BCUT2D eigenvalue weighted by atomic mass is 10.1. The van der Waals surface area contributed by atoms with Crippen molar-refractivity contribution in [3.8, 4) is 5.75 Å². The molecule has 1 fully saturated rings. The Balaban J connectivity index is 1.42. The van der Waals surface area contributed by atoms with Gasteiger partial charge in [0, 0.05) is 39.1 Å². The van der Waals surface area contributed by atoms with Crippen LogP contribution in [0.5, 0.6) is 5.75 Å². The molecular weight excluding hydrogens is 318 g/mol. The summed E-state index contributed by atoms with van der Waals surface area (Å²) < 4.78 is 5.80. The van der Waals surface area contributed by atoms with E-state index in [4.69, 9.17) is 4.74 Å². The van der Waals surface area contributed by atoms with Crippen LogP contribution in [0, 0.1) is 0 Å². The van der Waals surface area contributed by atoms with Gasteiger partial charge in [0.25, 0.3) is 5.91 Å². The van der Waals surface area contributed by atoms with Crippen LogP contribution in [0.1, 0.15) is 25.3 Å². The zero-order valence-electron chi connectivity index (χ0n) is 14.9. The van der Waals surface area contributed by atoms with Gasteiger partial charge in [0.05, 0.1) is 6.54 Å². The summed E-state index contributed by atoms with van der Waals surface area (Å²) in [6.07, 6.45) is 2.34. The fourth-order valence-corrected chi connectivity index (χ4v) is 3.31. The number of amides is 2. The van der Waals surface area contributed by atoms with Crippen molar-refractivity contribution < 1.29 is 14.3 Å². The highest BCUT2D eigenvalue weighted by atomic mass is 16.5. The van der Waals surface area contributed by atoms with Crippen LogP contribution in [0.3, 0.4) is 0 Å². The normalized spacial score (nSPS) is 20.0. The monoisotopic (exact) mass is 345 g/mol. The zero-order valence-corrected chi connectivity index (χ0v) is 14.9. The maximum Gasteiger partial charge on any atom is 0.264 e. The Bertz CT molecular complexity index is 587. The van der Waals surface area contributed by atoms with Crippen molar-refractivity contribution in [3.05, 3.63) is 29.8 Å². The van der Waals surface area contributed by atoms with Crippen LogP contribution >= 0.6 is 0 Å². The molecule has 1 aromatic rings. The van der Waals surface area contributed by atoms with Gasteiger partial charge < -0.3 is 15.0 Å². The number of unbranched alkanes of at least 4 members (excludes halogenated alkanes) is 1. The van der Waals surface area contributed by atoms with E-state index in [0.29, 0.717) is 26.1 Å². The Labute approximate surface area is 149 Å². The van der Waals surface area contributed by atoms with Gasteiger partial charge in [0.2, 0.25) is 5.91 Å². The van der Waals surface area contributed by atoms with Gasteiger partial charge in [-0.25, -0.2) is 0 Å². The molecule has 2 amide bonds. The van der Waals surface area contributed by atoms with Crippen LogP contribution in [-0.2, 0) is 16.0 Å². The third kappa shape index (κ3) is 4.51. The summed E-state index contributed by atoms with van der Waals surface area (Å²) >= 11 is 0. The lowest BCUT2D eigenvalue weighted by Crippen LogP contribution is -2.53. The number of benzene rings is 1. The van der Waals surface area contributed by atoms with Crippen LogP contribution in [0.15, 0.2) is 24.3 Å². The highest BCUT2D eigenvalue weighted by molar-refractivity contribution is 5.83. The number of carbonyl (C=O) groups excluding carboxylic acids is 2. The topological polar surface area (TPSA) is 61.9 Å². The van der Waals surface area contributed by atoms with Crippen molar-refractivity contribution in [2.24, 2.45) is 0 Å². The first kappa shape index (κ1) is 17.7. The van der Waals surface area contributed by atoms with Gasteiger partial charge >= 0.3 is 0 Å². The standard InChI is InChI=1S/C19H27N3O3/c1-2-3-8-20-18(23)14-21-9-11-22(12-10-21)19(24)17-13-15-6-4-5-7-16(15)25-17/h4-7,17H,2-3,8-14H2,1H3,(H,20,23)/t17-/m1/s1. The third-order valence-corrected chi connectivity index (χ3v) is 4.83. The van der Waals surface area contributed by atoms with E-state index in [1.807, 2.05) is 29.2 Å². The quantitative estimate of drug-likeness (QED) is 0.783. The van der Waals surface area contributed by atoms with Crippen LogP contribution in [0.4, 0.5) is 0 Å². The summed E-state index contributed by atoms with van der Waals surface area (Å²) in [7, 11) is 0. The lowest BCUT2D eigenvalue weighted by molar-refractivity contribution is -0.139. The maximum absolute atomic E-state index is 12.7. The summed E-state index contributed by atoms with van der Waals surface area (Å²) in [4.78, 5) is 28.5. The smallest absolute Gasteiger partial charge is 0.264 e. The predicted molar refractivity (Wildman–Crippen MR) is 95.5 cm³/mol. The van der Waals surface area contributed by atoms with Gasteiger partial charge in [-0.3, -0.25) is 14.5 Å². The molecule has 6 heteroatoms. The van der Waals surface area contributed by atoms with Crippen molar-refractivity contribution in [1.29, 1.82) is 0 Å². The Morgan fingerprint density at radius 1 is 1.20 bits per heavy atom. The Kier molecular flexibility index (Phi) is 5.91. The van der Waals surface area contributed by atoms with Gasteiger partial charge in [0.15, 0.2) is 6.10 Å². The molecular formula is C19H27N3O3. The molecule has 0 bridgehead atoms. The molecule has 25 heavy (non-hydrogen) atoms. The molecule has 136 valence electrons. The fraction of sp³-hybridized carbons (Fsp3) is 0.579. The largest absolute Gasteiger partial charge is 0.480 e. The number of fused-ring (bicyclic) bond motifs is 1. The number of hydrogen-bond donors (Lipinski definition) is 1. The highest BCUT2D eigenvalue weighted by Crippen LogP contribution is 2.29. The highest BCUT2D eigenvalue weighted by Gasteiger charge is 2.33. The molecule has 1 saturated heterocycles. The van der Waals surface area contributed by atoms with Gasteiger partial charge in [-0.1, -0.05) is 31.5 Å². The van der Waals surface area contributed by atoms with E-state index in [9.17, 15) is 9.59 Å². The molecule has 0 spiro atoms. The molecule has 2 aliphatic heterocycles. The number of ether oxygens (including phenoxy) is 1. The second-order valence-electron chi connectivity index (χ2n) is 6.72. The molecule has 2 heterocycles. The van der Waals surface area contributed by atoms with Crippen molar-refractivity contribution in [1.82, 2.24) is 15.1 Å². The molecule has 3 rings (SSSR count). The van der Waals surface area contributed by atoms with E-state index in [-0.39, 0.29) is 11.8 Å². The Morgan fingerprint density at radius 3 is 2.68 bits per heavy atom. The molecule has 0 unspecified atom stereocenters. The molecule has 1 N–H and O–H groups in total. The minimum absolute atomic E-state index is 0.0586. The number of carbonyl (C=O) groups is 2. The zero-order chi connectivity index (χ0) is 17.6. The number of nitrogens with one attached hydrogen (secondary N) is 1. The van der Waals surface area contributed by atoms with Crippen molar-refractivity contribution in [2.45, 2.75) is 32.3 Å². The number of nitrogens with zero attached hydrogens (tertiary/aromatic N) is 2. The van der Waals surface area contributed by atoms with E-state index in [2.05, 4.69) is 17.1 Å². The molecule has 0 aliphatic carbocycles. The third-order valence-electron chi connectivity index (χ3n) is 4.83.